The quantitative estimate of drug-likeness (QED) is 0.791. The molecule has 2 amide bonds. The van der Waals surface area contributed by atoms with Gasteiger partial charge in [-0.25, -0.2) is 0 Å². The standard InChI is InChI=1S/C15H16N2O3/c1-15(2,14(16)20)17-13(19)11-7-9-5-3-4-6-10(9)8-12(11)18/h3-8,18H,1-2H3,(H2,16,20)(H,17,19). The molecular weight excluding hydrogens is 256 g/mol. The molecule has 20 heavy (non-hydrogen) atoms. The molecule has 0 aliphatic heterocycles. The van der Waals surface area contributed by atoms with E-state index < -0.39 is 17.4 Å². The number of hydrogen-bond acceptors (Lipinski definition) is 3. The molecule has 0 spiro atoms. The van der Waals surface area contributed by atoms with Crippen molar-refractivity contribution in [1.29, 1.82) is 0 Å². The van der Waals surface area contributed by atoms with E-state index in [0.29, 0.717) is 0 Å². The van der Waals surface area contributed by atoms with Gasteiger partial charge in [-0.05, 0) is 36.8 Å². The molecule has 5 heteroatoms. The van der Waals surface area contributed by atoms with Crippen LogP contribution in [0.1, 0.15) is 24.2 Å². The summed E-state index contributed by atoms with van der Waals surface area (Å²) in [5.74, 6) is -1.33. The molecule has 0 saturated heterocycles. The number of aromatic hydroxyl groups is 1. The first-order chi connectivity index (χ1) is 9.31. The van der Waals surface area contributed by atoms with Crippen LogP contribution in [0.4, 0.5) is 0 Å². The van der Waals surface area contributed by atoms with Crippen LogP contribution in [0.15, 0.2) is 36.4 Å². The summed E-state index contributed by atoms with van der Waals surface area (Å²) in [7, 11) is 0. The molecule has 0 aliphatic carbocycles. The fourth-order valence-electron chi connectivity index (χ4n) is 1.82. The maximum atomic E-state index is 12.2. The normalized spacial score (nSPS) is 11.3. The van der Waals surface area contributed by atoms with E-state index in [1.54, 1.807) is 6.07 Å². The van der Waals surface area contributed by atoms with Crippen molar-refractivity contribution in [3.63, 3.8) is 0 Å². The Bertz CT molecular complexity index is 693. The number of phenolic OH excluding ortho intramolecular Hbond substituents is 1. The number of carbonyl (C=O) groups excluding carboxylic acids is 2. The summed E-state index contributed by atoms with van der Waals surface area (Å²) in [6.45, 7) is 3.01. The molecule has 0 aromatic heterocycles. The molecular formula is C15H16N2O3. The SMILES string of the molecule is CC(C)(NC(=O)c1cc2ccccc2cc1O)C(N)=O. The van der Waals surface area contributed by atoms with Gasteiger partial charge in [-0.1, -0.05) is 24.3 Å². The minimum Gasteiger partial charge on any atom is -0.507 e. The number of nitrogens with one attached hydrogen (secondary N) is 1. The monoisotopic (exact) mass is 272 g/mol. The lowest BCUT2D eigenvalue weighted by Crippen LogP contribution is -2.53. The zero-order valence-electron chi connectivity index (χ0n) is 11.3. The second-order valence-corrected chi connectivity index (χ2v) is 5.16. The van der Waals surface area contributed by atoms with E-state index in [0.717, 1.165) is 10.8 Å². The number of carbonyl (C=O) groups is 2. The van der Waals surface area contributed by atoms with Crippen molar-refractivity contribution in [3.05, 3.63) is 42.0 Å². The maximum absolute atomic E-state index is 12.2. The predicted octanol–water partition coefficient (Wildman–Crippen LogP) is 1.54. The number of benzene rings is 2. The first kappa shape index (κ1) is 13.9. The predicted molar refractivity (Wildman–Crippen MR) is 76.4 cm³/mol. The van der Waals surface area contributed by atoms with Gasteiger partial charge in [0.15, 0.2) is 0 Å². The number of hydrogen-bond donors (Lipinski definition) is 3. The van der Waals surface area contributed by atoms with E-state index >= 15 is 0 Å². The van der Waals surface area contributed by atoms with E-state index in [-0.39, 0.29) is 11.3 Å². The minimum absolute atomic E-state index is 0.109. The Morgan fingerprint density at radius 2 is 1.70 bits per heavy atom. The van der Waals surface area contributed by atoms with Crippen molar-refractivity contribution in [2.75, 3.05) is 0 Å². The molecule has 104 valence electrons. The summed E-state index contributed by atoms with van der Waals surface area (Å²) < 4.78 is 0. The molecule has 0 unspecified atom stereocenters. The summed E-state index contributed by atoms with van der Waals surface area (Å²) in [5.41, 5.74) is 4.13. The zero-order chi connectivity index (χ0) is 14.9. The highest BCUT2D eigenvalue weighted by Gasteiger charge is 2.28. The van der Waals surface area contributed by atoms with E-state index in [1.165, 1.54) is 19.9 Å². The summed E-state index contributed by atoms with van der Waals surface area (Å²) >= 11 is 0. The van der Waals surface area contributed by atoms with Crippen LogP contribution < -0.4 is 11.1 Å². The molecule has 0 fully saturated rings. The summed E-state index contributed by atoms with van der Waals surface area (Å²) in [6, 6.07) is 10.5. The molecule has 0 atom stereocenters. The fraction of sp³-hybridized carbons (Fsp3) is 0.200. The van der Waals surface area contributed by atoms with Crippen LogP contribution in [-0.4, -0.2) is 22.5 Å². The van der Waals surface area contributed by atoms with Crippen molar-refractivity contribution < 1.29 is 14.7 Å². The molecule has 0 heterocycles. The topological polar surface area (TPSA) is 92.4 Å². The van der Waals surface area contributed by atoms with Gasteiger partial charge in [-0.3, -0.25) is 9.59 Å². The van der Waals surface area contributed by atoms with Crippen molar-refractivity contribution >= 4 is 22.6 Å². The summed E-state index contributed by atoms with van der Waals surface area (Å²) in [6.07, 6.45) is 0. The van der Waals surface area contributed by atoms with Gasteiger partial charge in [-0.15, -0.1) is 0 Å². The van der Waals surface area contributed by atoms with E-state index in [9.17, 15) is 14.7 Å². The molecule has 0 saturated carbocycles. The Hall–Kier alpha value is -2.56. The second kappa shape index (κ2) is 4.85. The first-order valence-electron chi connectivity index (χ1n) is 6.15. The Kier molecular flexibility index (Phi) is 3.36. The van der Waals surface area contributed by atoms with Crippen LogP contribution in [0.2, 0.25) is 0 Å². The average Bonchev–Trinajstić information content (AvgIpc) is 2.37. The number of amides is 2. The Balaban J connectivity index is 2.40. The molecule has 2 aromatic carbocycles. The van der Waals surface area contributed by atoms with Crippen LogP contribution in [0.5, 0.6) is 5.75 Å². The zero-order valence-corrected chi connectivity index (χ0v) is 11.3. The van der Waals surface area contributed by atoms with Crippen molar-refractivity contribution in [1.82, 2.24) is 5.32 Å². The second-order valence-electron chi connectivity index (χ2n) is 5.16. The van der Waals surface area contributed by atoms with E-state index in [2.05, 4.69) is 5.32 Å². The Morgan fingerprint density at radius 1 is 1.15 bits per heavy atom. The molecule has 0 aliphatic rings. The lowest BCUT2D eigenvalue weighted by molar-refractivity contribution is -0.122. The van der Waals surface area contributed by atoms with Gasteiger partial charge in [0, 0.05) is 0 Å². The molecule has 4 N–H and O–H groups in total. The van der Waals surface area contributed by atoms with Gasteiger partial charge < -0.3 is 16.2 Å². The van der Waals surface area contributed by atoms with Gasteiger partial charge in [0.2, 0.25) is 5.91 Å². The van der Waals surface area contributed by atoms with E-state index in [4.69, 9.17) is 5.73 Å². The maximum Gasteiger partial charge on any atom is 0.255 e. The largest absolute Gasteiger partial charge is 0.507 e. The smallest absolute Gasteiger partial charge is 0.255 e. The van der Waals surface area contributed by atoms with Gasteiger partial charge in [-0.2, -0.15) is 0 Å². The highest BCUT2D eigenvalue weighted by atomic mass is 16.3. The van der Waals surface area contributed by atoms with Gasteiger partial charge in [0.05, 0.1) is 5.56 Å². The Morgan fingerprint density at radius 3 is 2.25 bits per heavy atom. The lowest BCUT2D eigenvalue weighted by Gasteiger charge is -2.22. The van der Waals surface area contributed by atoms with Crippen molar-refractivity contribution in [2.24, 2.45) is 5.73 Å². The summed E-state index contributed by atoms with van der Waals surface area (Å²) in [4.78, 5) is 23.4. The van der Waals surface area contributed by atoms with Crippen LogP contribution in [0.25, 0.3) is 10.8 Å². The molecule has 2 rings (SSSR count). The highest BCUT2D eigenvalue weighted by molar-refractivity contribution is 6.03. The molecule has 5 nitrogen and oxygen atoms in total. The third-order valence-electron chi connectivity index (χ3n) is 3.15. The third kappa shape index (κ3) is 2.56. The van der Waals surface area contributed by atoms with Crippen LogP contribution in [-0.2, 0) is 4.79 Å². The number of primary amides is 1. The Labute approximate surface area is 116 Å². The lowest BCUT2D eigenvalue weighted by atomic mass is 10.0. The van der Waals surface area contributed by atoms with Crippen LogP contribution in [0, 0.1) is 0 Å². The van der Waals surface area contributed by atoms with Gasteiger partial charge in [0.25, 0.3) is 5.91 Å². The molecule has 2 aromatic rings. The van der Waals surface area contributed by atoms with Crippen molar-refractivity contribution in [2.45, 2.75) is 19.4 Å². The summed E-state index contributed by atoms with van der Waals surface area (Å²) in [5, 5.41) is 14.1. The van der Waals surface area contributed by atoms with E-state index in [1.807, 2.05) is 24.3 Å². The van der Waals surface area contributed by atoms with Crippen molar-refractivity contribution in [3.8, 4) is 5.75 Å². The average molecular weight is 272 g/mol. The number of fused-ring (bicyclic) bond motifs is 1. The van der Waals surface area contributed by atoms with Crippen LogP contribution >= 0.6 is 0 Å². The number of nitrogens with two attached hydrogens (primary N) is 1. The van der Waals surface area contributed by atoms with Crippen LogP contribution in [0.3, 0.4) is 0 Å². The molecule has 0 radical (unpaired) electrons. The minimum atomic E-state index is -1.19. The van der Waals surface area contributed by atoms with Gasteiger partial charge in [0.1, 0.15) is 11.3 Å². The highest BCUT2D eigenvalue weighted by Crippen LogP contribution is 2.25. The fourth-order valence-corrected chi connectivity index (χ4v) is 1.82. The van der Waals surface area contributed by atoms with Gasteiger partial charge >= 0.3 is 0 Å². The first-order valence-corrected chi connectivity index (χ1v) is 6.15. The molecule has 0 bridgehead atoms. The number of rotatable bonds is 3. The third-order valence-corrected chi connectivity index (χ3v) is 3.15. The number of phenols is 1.